The number of para-hydroxylation sites is 1. The smallest absolute Gasteiger partial charge is 0.310 e. The Morgan fingerprint density at radius 1 is 1.24 bits per heavy atom. The third kappa shape index (κ3) is 4.04. The van der Waals surface area contributed by atoms with Gasteiger partial charge in [0.2, 0.25) is 0 Å². The molecule has 0 bridgehead atoms. The summed E-state index contributed by atoms with van der Waals surface area (Å²) in [4.78, 5) is 22.1. The minimum Gasteiger partial charge on any atom is -0.477 e. The van der Waals surface area contributed by atoms with Gasteiger partial charge in [-0.3, -0.25) is 14.9 Å². The number of anilines is 1. The van der Waals surface area contributed by atoms with Gasteiger partial charge in [0.1, 0.15) is 0 Å². The van der Waals surface area contributed by atoms with E-state index in [-0.39, 0.29) is 24.0 Å². The summed E-state index contributed by atoms with van der Waals surface area (Å²) in [5.74, 6) is -0.291. The van der Waals surface area contributed by atoms with Crippen LogP contribution in [0.4, 0.5) is 11.4 Å². The number of aryl methyl sites for hydroxylation is 1. The first-order valence-corrected chi connectivity index (χ1v) is 6.29. The molecule has 2 rings (SSSR count). The molecule has 0 spiro atoms. The average Bonchev–Trinajstić information content (AvgIpc) is 2.46. The maximum Gasteiger partial charge on any atom is 0.310 e. The molecule has 0 aliphatic heterocycles. The Bertz CT molecular complexity index is 656. The van der Waals surface area contributed by atoms with Crippen molar-refractivity contribution in [1.82, 2.24) is 0 Å². The maximum atomic E-state index is 11.7. The third-order valence-electron chi connectivity index (χ3n) is 2.73. The summed E-state index contributed by atoms with van der Waals surface area (Å²) >= 11 is 0. The van der Waals surface area contributed by atoms with E-state index in [2.05, 4.69) is 5.32 Å². The van der Waals surface area contributed by atoms with E-state index in [9.17, 15) is 14.9 Å². The number of rotatable bonds is 5. The van der Waals surface area contributed by atoms with Crippen LogP contribution >= 0.6 is 0 Å². The lowest BCUT2D eigenvalue weighted by atomic mass is 10.2. The summed E-state index contributed by atoms with van der Waals surface area (Å²) in [6.07, 6.45) is 0. The molecule has 1 amide bonds. The first-order chi connectivity index (χ1) is 10.1. The zero-order valence-corrected chi connectivity index (χ0v) is 11.4. The van der Waals surface area contributed by atoms with Crippen LogP contribution in [0.2, 0.25) is 0 Å². The van der Waals surface area contributed by atoms with Gasteiger partial charge in [-0.2, -0.15) is 0 Å². The minimum atomic E-state index is -0.538. The number of carbonyl (C=O) groups is 1. The number of nitro groups is 1. The summed E-state index contributed by atoms with van der Waals surface area (Å²) < 4.78 is 5.26. The van der Waals surface area contributed by atoms with Crippen LogP contribution in [0.1, 0.15) is 5.56 Å². The van der Waals surface area contributed by atoms with Crippen LogP contribution in [-0.4, -0.2) is 17.4 Å². The Labute approximate surface area is 121 Å². The topological polar surface area (TPSA) is 81.5 Å². The summed E-state index contributed by atoms with van der Waals surface area (Å²) in [6.45, 7) is 1.50. The second-order valence-electron chi connectivity index (χ2n) is 4.43. The van der Waals surface area contributed by atoms with E-state index in [0.717, 1.165) is 5.56 Å². The van der Waals surface area contributed by atoms with Crippen LogP contribution in [0.5, 0.6) is 5.75 Å². The number of hydrogen-bond acceptors (Lipinski definition) is 4. The lowest BCUT2D eigenvalue weighted by Crippen LogP contribution is -2.20. The molecular weight excluding hydrogens is 272 g/mol. The molecule has 0 saturated carbocycles. The Kier molecular flexibility index (Phi) is 4.50. The van der Waals surface area contributed by atoms with Gasteiger partial charge < -0.3 is 10.1 Å². The summed E-state index contributed by atoms with van der Waals surface area (Å²) in [6, 6.07) is 13.4. The van der Waals surface area contributed by atoms with Crippen LogP contribution in [0, 0.1) is 17.0 Å². The second-order valence-corrected chi connectivity index (χ2v) is 4.43. The van der Waals surface area contributed by atoms with E-state index in [1.807, 2.05) is 6.07 Å². The molecular formula is C15H14N2O4. The van der Waals surface area contributed by atoms with Crippen LogP contribution in [0.3, 0.4) is 0 Å². The zero-order valence-electron chi connectivity index (χ0n) is 11.4. The van der Waals surface area contributed by atoms with E-state index in [1.165, 1.54) is 12.1 Å². The quantitative estimate of drug-likeness (QED) is 0.676. The van der Waals surface area contributed by atoms with Gasteiger partial charge in [0.15, 0.2) is 12.4 Å². The first-order valence-electron chi connectivity index (χ1n) is 6.29. The highest BCUT2D eigenvalue weighted by atomic mass is 16.6. The van der Waals surface area contributed by atoms with E-state index >= 15 is 0 Å². The molecule has 0 unspecified atom stereocenters. The van der Waals surface area contributed by atoms with Gasteiger partial charge in [-0.15, -0.1) is 0 Å². The molecule has 2 aromatic rings. The average molecular weight is 286 g/mol. The number of amides is 1. The van der Waals surface area contributed by atoms with Crippen molar-refractivity contribution in [1.29, 1.82) is 0 Å². The molecule has 0 aliphatic rings. The summed E-state index contributed by atoms with van der Waals surface area (Å²) in [5.41, 5.74) is 1.30. The second kappa shape index (κ2) is 6.51. The van der Waals surface area contributed by atoms with Crippen LogP contribution in [-0.2, 0) is 4.79 Å². The van der Waals surface area contributed by atoms with Crippen LogP contribution < -0.4 is 10.1 Å². The molecule has 0 aromatic heterocycles. The Balaban J connectivity index is 2.01. The molecule has 0 heterocycles. The molecule has 0 atom stereocenters. The van der Waals surface area contributed by atoms with Gasteiger partial charge in [-0.1, -0.05) is 24.3 Å². The highest BCUT2D eigenvalue weighted by Crippen LogP contribution is 2.27. The van der Waals surface area contributed by atoms with Crippen molar-refractivity contribution in [2.75, 3.05) is 11.9 Å². The van der Waals surface area contributed by atoms with Crippen molar-refractivity contribution >= 4 is 17.3 Å². The molecule has 6 nitrogen and oxygen atoms in total. The lowest BCUT2D eigenvalue weighted by Gasteiger charge is -2.08. The SMILES string of the molecule is Cc1ccc([N+](=O)[O-])c(OCC(=O)Nc2ccccc2)c1. The van der Waals surface area contributed by atoms with E-state index < -0.39 is 4.92 Å². The van der Waals surface area contributed by atoms with E-state index in [0.29, 0.717) is 5.69 Å². The third-order valence-corrected chi connectivity index (χ3v) is 2.73. The standard InChI is InChI=1S/C15H14N2O4/c1-11-7-8-13(17(19)20)14(9-11)21-10-15(18)16-12-5-3-2-4-6-12/h2-9H,10H2,1H3,(H,16,18). The molecule has 108 valence electrons. The van der Waals surface area contributed by atoms with Crippen molar-refractivity contribution in [3.63, 3.8) is 0 Å². The molecule has 0 fully saturated rings. The number of carbonyl (C=O) groups excluding carboxylic acids is 1. The first kappa shape index (κ1) is 14.5. The van der Waals surface area contributed by atoms with E-state index in [1.54, 1.807) is 37.3 Å². The maximum absolute atomic E-state index is 11.7. The predicted molar refractivity (Wildman–Crippen MR) is 78.4 cm³/mol. The van der Waals surface area contributed by atoms with Gasteiger partial charge >= 0.3 is 5.69 Å². The Morgan fingerprint density at radius 2 is 1.95 bits per heavy atom. The van der Waals surface area contributed by atoms with Gasteiger partial charge in [0.05, 0.1) is 4.92 Å². The van der Waals surface area contributed by atoms with Crippen molar-refractivity contribution in [2.45, 2.75) is 6.92 Å². The van der Waals surface area contributed by atoms with Crippen molar-refractivity contribution in [3.05, 3.63) is 64.2 Å². The fourth-order valence-electron chi connectivity index (χ4n) is 1.75. The number of benzene rings is 2. The van der Waals surface area contributed by atoms with Crippen molar-refractivity contribution < 1.29 is 14.5 Å². The van der Waals surface area contributed by atoms with Gasteiger partial charge in [0, 0.05) is 11.8 Å². The highest BCUT2D eigenvalue weighted by molar-refractivity contribution is 5.91. The van der Waals surface area contributed by atoms with Gasteiger partial charge in [0.25, 0.3) is 5.91 Å². The minimum absolute atomic E-state index is 0.0863. The molecule has 6 heteroatoms. The number of ether oxygens (including phenoxy) is 1. The fraction of sp³-hybridized carbons (Fsp3) is 0.133. The normalized spacial score (nSPS) is 9.95. The highest BCUT2D eigenvalue weighted by Gasteiger charge is 2.16. The lowest BCUT2D eigenvalue weighted by molar-refractivity contribution is -0.385. The Hall–Kier alpha value is -2.89. The van der Waals surface area contributed by atoms with E-state index in [4.69, 9.17) is 4.74 Å². The summed E-state index contributed by atoms with van der Waals surface area (Å²) in [5, 5.41) is 13.5. The zero-order chi connectivity index (χ0) is 15.2. The monoisotopic (exact) mass is 286 g/mol. The predicted octanol–water partition coefficient (Wildman–Crippen LogP) is 2.92. The number of nitrogens with zero attached hydrogens (tertiary/aromatic N) is 1. The molecule has 21 heavy (non-hydrogen) atoms. The van der Waals surface area contributed by atoms with Gasteiger partial charge in [-0.25, -0.2) is 0 Å². The molecule has 1 N–H and O–H groups in total. The number of nitrogens with one attached hydrogen (secondary N) is 1. The van der Waals surface area contributed by atoms with Crippen molar-refractivity contribution in [3.8, 4) is 5.75 Å². The van der Waals surface area contributed by atoms with Gasteiger partial charge in [-0.05, 0) is 30.7 Å². The fourth-order valence-corrected chi connectivity index (χ4v) is 1.75. The molecule has 0 aliphatic carbocycles. The molecule has 0 saturated heterocycles. The van der Waals surface area contributed by atoms with Crippen molar-refractivity contribution in [2.24, 2.45) is 0 Å². The summed E-state index contributed by atoms with van der Waals surface area (Å²) in [7, 11) is 0. The molecule has 0 radical (unpaired) electrons. The van der Waals surface area contributed by atoms with Crippen LogP contribution in [0.15, 0.2) is 48.5 Å². The van der Waals surface area contributed by atoms with Crippen LogP contribution in [0.25, 0.3) is 0 Å². The Morgan fingerprint density at radius 3 is 2.62 bits per heavy atom. The number of hydrogen-bond donors (Lipinski definition) is 1. The molecule has 2 aromatic carbocycles. The largest absolute Gasteiger partial charge is 0.477 e. The number of nitro benzene ring substituents is 1.